The highest BCUT2D eigenvalue weighted by atomic mass is 16.2. The topological polar surface area (TPSA) is 45.2 Å². The van der Waals surface area contributed by atoms with Crippen molar-refractivity contribution in [3.05, 3.63) is 59.4 Å². The highest BCUT2D eigenvalue weighted by molar-refractivity contribution is 5.99. The first-order valence-corrected chi connectivity index (χ1v) is 6.54. The van der Waals surface area contributed by atoms with Gasteiger partial charge in [0.25, 0.3) is 5.91 Å². The predicted molar refractivity (Wildman–Crippen MR) is 80.8 cm³/mol. The number of nitrogens with one attached hydrogen (secondary N) is 1. The minimum Gasteiger partial charge on any atom is -0.386 e. The van der Waals surface area contributed by atoms with Gasteiger partial charge in [-0.15, -0.1) is 0 Å². The van der Waals surface area contributed by atoms with Gasteiger partial charge in [-0.1, -0.05) is 29.8 Å². The van der Waals surface area contributed by atoms with Gasteiger partial charge in [0.2, 0.25) is 0 Å². The first kappa shape index (κ1) is 14.1. The number of aryl methyl sites for hydroxylation is 1. The molecule has 0 saturated heterocycles. The highest BCUT2D eigenvalue weighted by Gasteiger charge is 2.15. The number of hydrogen-bond acceptors (Lipinski definition) is 3. The second kappa shape index (κ2) is 6.19. The van der Waals surface area contributed by atoms with Crippen LogP contribution in [0, 0.1) is 6.92 Å². The second-order valence-electron chi connectivity index (χ2n) is 4.82. The molecule has 2 aromatic rings. The summed E-state index contributed by atoms with van der Waals surface area (Å²) in [5.41, 5.74) is 3.71. The van der Waals surface area contributed by atoms with Crippen molar-refractivity contribution in [2.45, 2.75) is 13.5 Å². The Morgan fingerprint density at radius 1 is 1.25 bits per heavy atom. The second-order valence-corrected chi connectivity index (χ2v) is 4.82. The quantitative estimate of drug-likeness (QED) is 0.928. The molecule has 1 heterocycles. The van der Waals surface area contributed by atoms with E-state index in [2.05, 4.69) is 29.4 Å². The Bertz CT molecular complexity index is 593. The molecule has 4 nitrogen and oxygen atoms in total. The zero-order valence-corrected chi connectivity index (χ0v) is 12.1. The summed E-state index contributed by atoms with van der Waals surface area (Å²) in [6.45, 7) is 2.64. The Hall–Kier alpha value is -2.36. The molecule has 1 amide bonds. The fourth-order valence-electron chi connectivity index (χ4n) is 2.02. The van der Waals surface area contributed by atoms with Crippen molar-refractivity contribution in [2.75, 3.05) is 19.4 Å². The van der Waals surface area contributed by atoms with Gasteiger partial charge in [-0.05, 0) is 18.6 Å². The fraction of sp³-hybridized carbons (Fsp3) is 0.250. The number of nitrogens with zero attached hydrogens (tertiary/aromatic N) is 2. The van der Waals surface area contributed by atoms with Crippen LogP contribution < -0.4 is 5.32 Å². The lowest BCUT2D eigenvalue weighted by Crippen LogP contribution is -2.27. The fourth-order valence-corrected chi connectivity index (χ4v) is 2.02. The van der Waals surface area contributed by atoms with Crippen molar-refractivity contribution in [1.82, 2.24) is 9.88 Å². The minimum absolute atomic E-state index is 0.0164. The summed E-state index contributed by atoms with van der Waals surface area (Å²) in [4.78, 5) is 18.2. The monoisotopic (exact) mass is 269 g/mol. The molecule has 0 fully saturated rings. The molecule has 104 valence electrons. The number of carbonyl (C=O) groups is 1. The average molecular weight is 269 g/mol. The van der Waals surface area contributed by atoms with Gasteiger partial charge in [-0.3, -0.25) is 9.78 Å². The van der Waals surface area contributed by atoms with Crippen LogP contribution in [-0.4, -0.2) is 29.9 Å². The Morgan fingerprint density at radius 2 is 1.95 bits per heavy atom. The van der Waals surface area contributed by atoms with Crippen molar-refractivity contribution in [2.24, 2.45) is 0 Å². The maximum atomic E-state index is 12.5. The Morgan fingerprint density at radius 3 is 2.60 bits per heavy atom. The van der Waals surface area contributed by atoms with Crippen LogP contribution >= 0.6 is 0 Å². The molecule has 1 aromatic heterocycles. The number of amides is 1. The summed E-state index contributed by atoms with van der Waals surface area (Å²) in [6.07, 6.45) is 3.29. The summed E-state index contributed by atoms with van der Waals surface area (Å²) < 4.78 is 0. The summed E-state index contributed by atoms with van der Waals surface area (Å²) in [5, 5.41) is 2.99. The molecular weight excluding hydrogens is 250 g/mol. The predicted octanol–water partition coefficient (Wildman–Crippen LogP) is 2.70. The molecule has 0 aliphatic heterocycles. The van der Waals surface area contributed by atoms with E-state index in [1.165, 1.54) is 5.56 Å². The van der Waals surface area contributed by atoms with Crippen LogP contribution in [0.1, 0.15) is 21.5 Å². The molecule has 0 aliphatic rings. The standard InChI is InChI=1S/C16H19N3O/c1-12-4-6-13(7-5-12)11-19(3)16(20)14-8-9-18-10-15(14)17-2/h4-10,17H,11H2,1-3H3. The maximum absolute atomic E-state index is 12.5. The van der Waals surface area contributed by atoms with E-state index in [0.717, 1.165) is 11.3 Å². The third kappa shape index (κ3) is 3.15. The van der Waals surface area contributed by atoms with Gasteiger partial charge in [-0.25, -0.2) is 0 Å². The van der Waals surface area contributed by atoms with E-state index in [-0.39, 0.29) is 5.91 Å². The van der Waals surface area contributed by atoms with Crippen molar-refractivity contribution in [3.8, 4) is 0 Å². The number of carbonyl (C=O) groups excluding carboxylic acids is 1. The first-order valence-electron chi connectivity index (χ1n) is 6.54. The van der Waals surface area contributed by atoms with E-state index >= 15 is 0 Å². The molecule has 4 heteroatoms. The van der Waals surface area contributed by atoms with Gasteiger partial charge in [0.05, 0.1) is 17.4 Å². The molecule has 0 bridgehead atoms. The smallest absolute Gasteiger partial charge is 0.256 e. The lowest BCUT2D eigenvalue weighted by molar-refractivity contribution is 0.0786. The lowest BCUT2D eigenvalue weighted by atomic mass is 10.1. The molecule has 1 N–H and O–H groups in total. The molecule has 1 aromatic carbocycles. The minimum atomic E-state index is -0.0164. The van der Waals surface area contributed by atoms with Crippen LogP contribution in [0.5, 0.6) is 0 Å². The molecular formula is C16H19N3O. The summed E-state index contributed by atoms with van der Waals surface area (Å²) >= 11 is 0. The zero-order chi connectivity index (χ0) is 14.5. The molecule has 0 atom stereocenters. The van der Waals surface area contributed by atoms with Crippen molar-refractivity contribution in [3.63, 3.8) is 0 Å². The normalized spacial score (nSPS) is 10.2. The van der Waals surface area contributed by atoms with E-state index in [4.69, 9.17) is 0 Å². The summed E-state index contributed by atoms with van der Waals surface area (Å²) in [6, 6.07) is 9.94. The molecule has 0 radical (unpaired) electrons. The van der Waals surface area contributed by atoms with Gasteiger partial charge in [0, 0.05) is 26.8 Å². The van der Waals surface area contributed by atoms with E-state index in [9.17, 15) is 4.79 Å². The number of aromatic nitrogens is 1. The summed E-state index contributed by atoms with van der Waals surface area (Å²) in [7, 11) is 3.59. The SMILES string of the molecule is CNc1cnccc1C(=O)N(C)Cc1ccc(C)cc1. The zero-order valence-electron chi connectivity index (χ0n) is 12.1. The van der Waals surface area contributed by atoms with Crippen molar-refractivity contribution >= 4 is 11.6 Å². The van der Waals surface area contributed by atoms with Gasteiger partial charge in [0.15, 0.2) is 0 Å². The highest BCUT2D eigenvalue weighted by Crippen LogP contribution is 2.16. The van der Waals surface area contributed by atoms with Gasteiger partial charge >= 0.3 is 0 Å². The number of benzene rings is 1. The first-order chi connectivity index (χ1) is 9.61. The molecule has 2 rings (SSSR count). The number of rotatable bonds is 4. The Kier molecular flexibility index (Phi) is 4.35. The number of pyridine rings is 1. The van der Waals surface area contributed by atoms with Crippen LogP contribution in [0.25, 0.3) is 0 Å². The van der Waals surface area contributed by atoms with E-state index < -0.39 is 0 Å². The number of anilines is 1. The molecule has 0 aliphatic carbocycles. The molecule has 20 heavy (non-hydrogen) atoms. The van der Waals surface area contributed by atoms with Crippen LogP contribution in [0.2, 0.25) is 0 Å². The third-order valence-electron chi connectivity index (χ3n) is 3.21. The van der Waals surface area contributed by atoms with Crippen molar-refractivity contribution < 1.29 is 4.79 Å². The maximum Gasteiger partial charge on any atom is 0.256 e. The lowest BCUT2D eigenvalue weighted by Gasteiger charge is -2.19. The van der Waals surface area contributed by atoms with Crippen molar-refractivity contribution in [1.29, 1.82) is 0 Å². The van der Waals surface area contributed by atoms with Crippen LogP contribution in [0.4, 0.5) is 5.69 Å². The summed E-state index contributed by atoms with van der Waals surface area (Å²) in [5.74, 6) is -0.0164. The van der Waals surface area contributed by atoms with Gasteiger partial charge < -0.3 is 10.2 Å². The van der Waals surface area contributed by atoms with E-state index in [1.54, 1.807) is 30.4 Å². The van der Waals surface area contributed by atoms with Crippen LogP contribution in [0.3, 0.4) is 0 Å². The number of hydrogen-bond donors (Lipinski definition) is 1. The molecule has 0 unspecified atom stereocenters. The largest absolute Gasteiger partial charge is 0.386 e. The Balaban J connectivity index is 2.14. The van der Waals surface area contributed by atoms with Crippen LogP contribution in [-0.2, 0) is 6.54 Å². The van der Waals surface area contributed by atoms with E-state index in [0.29, 0.717) is 12.1 Å². The van der Waals surface area contributed by atoms with Gasteiger partial charge in [-0.2, -0.15) is 0 Å². The molecule has 0 saturated carbocycles. The molecule has 0 spiro atoms. The third-order valence-corrected chi connectivity index (χ3v) is 3.21. The van der Waals surface area contributed by atoms with Gasteiger partial charge in [0.1, 0.15) is 0 Å². The van der Waals surface area contributed by atoms with Crippen LogP contribution in [0.15, 0.2) is 42.7 Å². The Labute approximate surface area is 119 Å². The van der Waals surface area contributed by atoms with E-state index in [1.807, 2.05) is 19.2 Å². The average Bonchev–Trinajstić information content (AvgIpc) is 2.48.